The SMILES string of the molecule is CCCN(CCN(C)C)C(=O)C1(N)CCCCC1. The van der Waals surface area contributed by atoms with Gasteiger partial charge in [0.1, 0.15) is 0 Å². The monoisotopic (exact) mass is 255 g/mol. The van der Waals surface area contributed by atoms with Gasteiger partial charge >= 0.3 is 0 Å². The van der Waals surface area contributed by atoms with Crippen LogP contribution in [0.2, 0.25) is 0 Å². The average Bonchev–Trinajstić information content (AvgIpc) is 2.34. The minimum atomic E-state index is -0.584. The average molecular weight is 255 g/mol. The molecule has 0 atom stereocenters. The van der Waals surface area contributed by atoms with Gasteiger partial charge < -0.3 is 15.5 Å². The van der Waals surface area contributed by atoms with E-state index >= 15 is 0 Å². The molecule has 4 heteroatoms. The summed E-state index contributed by atoms with van der Waals surface area (Å²) >= 11 is 0. The van der Waals surface area contributed by atoms with Gasteiger partial charge in [0.2, 0.25) is 5.91 Å². The lowest BCUT2D eigenvalue weighted by molar-refractivity contribution is -0.138. The van der Waals surface area contributed by atoms with Crippen LogP contribution in [0.3, 0.4) is 0 Å². The van der Waals surface area contributed by atoms with Gasteiger partial charge in [-0.2, -0.15) is 0 Å². The van der Waals surface area contributed by atoms with Crippen molar-refractivity contribution < 1.29 is 4.79 Å². The fourth-order valence-electron chi connectivity index (χ4n) is 2.62. The van der Waals surface area contributed by atoms with Crippen LogP contribution >= 0.6 is 0 Å². The van der Waals surface area contributed by atoms with Crippen molar-refractivity contribution in [3.8, 4) is 0 Å². The van der Waals surface area contributed by atoms with E-state index in [1.165, 1.54) is 6.42 Å². The van der Waals surface area contributed by atoms with Crippen LogP contribution in [0.5, 0.6) is 0 Å². The van der Waals surface area contributed by atoms with Gasteiger partial charge in [0, 0.05) is 19.6 Å². The Hall–Kier alpha value is -0.610. The highest BCUT2D eigenvalue weighted by Crippen LogP contribution is 2.27. The number of hydrogen-bond donors (Lipinski definition) is 1. The van der Waals surface area contributed by atoms with Gasteiger partial charge in [-0.05, 0) is 33.4 Å². The van der Waals surface area contributed by atoms with Crippen LogP contribution in [0.25, 0.3) is 0 Å². The predicted molar refractivity (Wildman–Crippen MR) is 75.4 cm³/mol. The van der Waals surface area contributed by atoms with E-state index < -0.39 is 5.54 Å². The molecule has 4 nitrogen and oxygen atoms in total. The molecule has 0 bridgehead atoms. The molecule has 0 spiro atoms. The van der Waals surface area contributed by atoms with E-state index in [0.29, 0.717) is 0 Å². The lowest BCUT2D eigenvalue weighted by atomic mass is 9.81. The van der Waals surface area contributed by atoms with Crippen molar-refractivity contribution in [1.82, 2.24) is 9.80 Å². The summed E-state index contributed by atoms with van der Waals surface area (Å²) in [7, 11) is 4.07. The minimum absolute atomic E-state index is 0.172. The Balaban J connectivity index is 2.62. The van der Waals surface area contributed by atoms with Gasteiger partial charge in [0.05, 0.1) is 5.54 Å². The van der Waals surface area contributed by atoms with Gasteiger partial charge in [-0.15, -0.1) is 0 Å². The first kappa shape index (κ1) is 15.4. The molecule has 1 aliphatic carbocycles. The van der Waals surface area contributed by atoms with Crippen molar-refractivity contribution in [3.63, 3.8) is 0 Å². The van der Waals surface area contributed by atoms with Crippen LogP contribution in [-0.2, 0) is 4.79 Å². The Morgan fingerprint density at radius 1 is 1.11 bits per heavy atom. The first-order valence-corrected chi connectivity index (χ1v) is 7.22. The van der Waals surface area contributed by atoms with Gasteiger partial charge in [0.15, 0.2) is 0 Å². The molecule has 0 heterocycles. The molecule has 0 aromatic rings. The lowest BCUT2D eigenvalue weighted by Crippen LogP contribution is -2.57. The number of carbonyl (C=O) groups is 1. The standard InChI is InChI=1S/C14H29N3O/c1-4-10-17(12-11-16(2)3)13(18)14(15)8-6-5-7-9-14/h4-12,15H2,1-3H3. The third-order valence-electron chi connectivity index (χ3n) is 3.77. The number of likely N-dealkylation sites (N-methyl/N-ethyl adjacent to an activating group) is 1. The van der Waals surface area contributed by atoms with Crippen molar-refractivity contribution in [2.75, 3.05) is 33.7 Å². The second-order valence-corrected chi connectivity index (χ2v) is 5.81. The highest BCUT2D eigenvalue weighted by atomic mass is 16.2. The molecule has 1 fully saturated rings. The zero-order valence-electron chi connectivity index (χ0n) is 12.2. The summed E-state index contributed by atoms with van der Waals surface area (Å²) in [6, 6.07) is 0. The molecule has 0 aliphatic heterocycles. The van der Waals surface area contributed by atoms with Crippen LogP contribution in [0.15, 0.2) is 0 Å². The largest absolute Gasteiger partial charge is 0.340 e. The molecular weight excluding hydrogens is 226 g/mol. The van der Waals surface area contributed by atoms with E-state index in [1.54, 1.807) is 0 Å². The Kier molecular flexibility index (Phi) is 6.09. The van der Waals surface area contributed by atoms with Crippen LogP contribution in [0.1, 0.15) is 45.4 Å². The molecule has 0 radical (unpaired) electrons. The summed E-state index contributed by atoms with van der Waals surface area (Å²) in [6.45, 7) is 4.63. The van der Waals surface area contributed by atoms with Crippen molar-refractivity contribution >= 4 is 5.91 Å². The maximum atomic E-state index is 12.6. The first-order chi connectivity index (χ1) is 8.49. The van der Waals surface area contributed by atoms with Crippen LogP contribution in [-0.4, -0.2) is 55.0 Å². The summed E-state index contributed by atoms with van der Waals surface area (Å²) in [5, 5.41) is 0. The second-order valence-electron chi connectivity index (χ2n) is 5.81. The lowest BCUT2D eigenvalue weighted by Gasteiger charge is -2.37. The second kappa shape index (κ2) is 7.10. The number of nitrogens with two attached hydrogens (primary N) is 1. The Morgan fingerprint density at radius 3 is 2.22 bits per heavy atom. The fourth-order valence-corrected chi connectivity index (χ4v) is 2.62. The van der Waals surface area contributed by atoms with Crippen molar-refractivity contribution in [1.29, 1.82) is 0 Å². The Morgan fingerprint density at radius 2 is 1.72 bits per heavy atom. The van der Waals surface area contributed by atoms with Crippen LogP contribution in [0.4, 0.5) is 0 Å². The minimum Gasteiger partial charge on any atom is -0.340 e. The van der Waals surface area contributed by atoms with Crippen molar-refractivity contribution in [2.45, 2.75) is 51.0 Å². The predicted octanol–water partition coefficient (Wildman–Crippen LogP) is 1.45. The van der Waals surface area contributed by atoms with Crippen LogP contribution in [0, 0.1) is 0 Å². The summed E-state index contributed by atoms with van der Waals surface area (Å²) in [5.74, 6) is 0.172. The van der Waals surface area contributed by atoms with Gasteiger partial charge in [-0.1, -0.05) is 26.2 Å². The van der Waals surface area contributed by atoms with E-state index in [-0.39, 0.29) is 5.91 Å². The smallest absolute Gasteiger partial charge is 0.242 e. The quantitative estimate of drug-likeness (QED) is 0.781. The molecule has 1 amide bonds. The molecule has 18 heavy (non-hydrogen) atoms. The summed E-state index contributed by atoms with van der Waals surface area (Å²) in [4.78, 5) is 16.7. The molecule has 2 N–H and O–H groups in total. The Bertz CT molecular complexity index is 260. The maximum Gasteiger partial charge on any atom is 0.242 e. The van der Waals surface area contributed by atoms with Gasteiger partial charge in [0.25, 0.3) is 0 Å². The number of hydrogen-bond acceptors (Lipinski definition) is 3. The zero-order valence-corrected chi connectivity index (χ0v) is 12.2. The molecular formula is C14H29N3O. The highest BCUT2D eigenvalue weighted by Gasteiger charge is 2.37. The Labute approximate surface area is 111 Å². The zero-order chi connectivity index (χ0) is 13.6. The van der Waals surface area contributed by atoms with Crippen molar-refractivity contribution in [2.24, 2.45) is 5.73 Å². The van der Waals surface area contributed by atoms with Crippen molar-refractivity contribution in [3.05, 3.63) is 0 Å². The van der Waals surface area contributed by atoms with E-state index in [2.05, 4.69) is 11.8 Å². The van der Waals surface area contributed by atoms with Gasteiger partial charge in [-0.25, -0.2) is 0 Å². The summed E-state index contributed by atoms with van der Waals surface area (Å²) in [5.41, 5.74) is 5.75. The molecule has 1 aliphatic rings. The van der Waals surface area contributed by atoms with Gasteiger partial charge in [-0.3, -0.25) is 4.79 Å². The number of carbonyl (C=O) groups excluding carboxylic acids is 1. The topological polar surface area (TPSA) is 49.6 Å². The summed E-state index contributed by atoms with van der Waals surface area (Å²) in [6.07, 6.45) is 6.11. The van der Waals surface area contributed by atoms with E-state index in [9.17, 15) is 4.79 Å². The van der Waals surface area contributed by atoms with Crippen LogP contribution < -0.4 is 5.73 Å². The third kappa shape index (κ3) is 4.25. The molecule has 0 saturated heterocycles. The molecule has 106 valence electrons. The third-order valence-corrected chi connectivity index (χ3v) is 3.77. The first-order valence-electron chi connectivity index (χ1n) is 7.22. The normalized spacial score (nSPS) is 18.9. The number of nitrogens with zero attached hydrogens (tertiary/aromatic N) is 2. The maximum absolute atomic E-state index is 12.6. The molecule has 0 unspecified atom stereocenters. The number of amides is 1. The highest BCUT2D eigenvalue weighted by molar-refractivity contribution is 5.86. The summed E-state index contributed by atoms with van der Waals surface area (Å²) < 4.78 is 0. The number of rotatable bonds is 6. The molecule has 1 saturated carbocycles. The molecule has 0 aromatic carbocycles. The molecule has 1 rings (SSSR count). The van der Waals surface area contributed by atoms with E-state index in [0.717, 1.165) is 51.7 Å². The van der Waals surface area contributed by atoms with E-state index in [4.69, 9.17) is 5.73 Å². The molecule has 0 aromatic heterocycles. The van der Waals surface area contributed by atoms with E-state index in [1.807, 2.05) is 19.0 Å². The fraction of sp³-hybridized carbons (Fsp3) is 0.929.